The lowest BCUT2D eigenvalue weighted by atomic mass is 10.1. The Hall–Kier alpha value is -2.23. The van der Waals surface area contributed by atoms with Gasteiger partial charge in [0.1, 0.15) is 5.76 Å². The van der Waals surface area contributed by atoms with E-state index in [-0.39, 0.29) is 5.76 Å². The largest absolute Gasteiger partial charge is 0.475 e. The van der Waals surface area contributed by atoms with Crippen LogP contribution in [0.2, 0.25) is 0 Å². The number of para-hydroxylation sites is 1. The van der Waals surface area contributed by atoms with Crippen molar-refractivity contribution in [3.63, 3.8) is 0 Å². The van der Waals surface area contributed by atoms with Crippen molar-refractivity contribution in [3.8, 4) is 0 Å². The molecule has 0 radical (unpaired) electrons. The van der Waals surface area contributed by atoms with E-state index in [1.165, 1.54) is 11.1 Å². The molecule has 2 N–H and O–H groups in total. The van der Waals surface area contributed by atoms with Gasteiger partial charge >= 0.3 is 5.97 Å². The summed E-state index contributed by atoms with van der Waals surface area (Å²) in [6, 6.07) is 7.67. The molecule has 0 atom stereocenters. The molecule has 1 heterocycles. The minimum absolute atomic E-state index is 0.0178. The number of benzene rings is 1. The van der Waals surface area contributed by atoms with E-state index in [4.69, 9.17) is 9.52 Å². The van der Waals surface area contributed by atoms with E-state index >= 15 is 0 Å². The van der Waals surface area contributed by atoms with Crippen LogP contribution in [0.25, 0.3) is 0 Å². The predicted octanol–water partition coefficient (Wildman–Crippen LogP) is 3.52. The summed E-state index contributed by atoms with van der Waals surface area (Å²) >= 11 is 0. The van der Waals surface area contributed by atoms with Gasteiger partial charge in [-0.15, -0.1) is 0 Å². The highest BCUT2D eigenvalue weighted by molar-refractivity contribution is 5.84. The third-order valence-corrected chi connectivity index (χ3v) is 3.17. The molecule has 19 heavy (non-hydrogen) atoms. The molecule has 1 aromatic heterocycles. The second-order valence-electron chi connectivity index (χ2n) is 4.62. The Morgan fingerprint density at radius 2 is 1.89 bits per heavy atom. The summed E-state index contributed by atoms with van der Waals surface area (Å²) in [7, 11) is 0. The van der Waals surface area contributed by atoms with Crippen LogP contribution in [0.5, 0.6) is 0 Å². The Kier molecular flexibility index (Phi) is 3.60. The average molecular weight is 259 g/mol. The normalized spacial score (nSPS) is 10.5. The molecule has 2 rings (SSSR count). The summed E-state index contributed by atoms with van der Waals surface area (Å²) in [5.74, 6) is -0.423. The van der Waals surface area contributed by atoms with Gasteiger partial charge in [0, 0.05) is 17.8 Å². The minimum Gasteiger partial charge on any atom is -0.475 e. The van der Waals surface area contributed by atoms with Crippen LogP contribution in [-0.2, 0) is 6.54 Å². The maximum Gasteiger partial charge on any atom is 0.371 e. The maximum atomic E-state index is 10.8. The van der Waals surface area contributed by atoms with E-state index in [0.717, 1.165) is 11.3 Å². The molecule has 0 amide bonds. The van der Waals surface area contributed by atoms with Crippen molar-refractivity contribution >= 4 is 11.7 Å². The molecule has 4 nitrogen and oxygen atoms in total. The number of anilines is 1. The second kappa shape index (κ2) is 5.18. The first-order valence-corrected chi connectivity index (χ1v) is 6.11. The van der Waals surface area contributed by atoms with Crippen LogP contribution in [0, 0.1) is 20.8 Å². The molecule has 0 bridgehead atoms. The molecule has 0 saturated carbocycles. The summed E-state index contributed by atoms with van der Waals surface area (Å²) in [6.07, 6.45) is 0. The van der Waals surface area contributed by atoms with Crippen LogP contribution in [0.1, 0.15) is 33.0 Å². The van der Waals surface area contributed by atoms with Gasteiger partial charge in [0.2, 0.25) is 5.76 Å². The van der Waals surface area contributed by atoms with Gasteiger partial charge in [-0.25, -0.2) is 4.79 Å². The Bertz CT molecular complexity index is 594. The summed E-state index contributed by atoms with van der Waals surface area (Å²) in [4.78, 5) is 10.8. The highest BCUT2D eigenvalue weighted by atomic mass is 16.4. The van der Waals surface area contributed by atoms with E-state index in [0.29, 0.717) is 12.3 Å². The zero-order valence-electron chi connectivity index (χ0n) is 11.3. The number of furan rings is 1. The van der Waals surface area contributed by atoms with Crippen molar-refractivity contribution < 1.29 is 14.3 Å². The van der Waals surface area contributed by atoms with Crippen molar-refractivity contribution in [1.82, 2.24) is 0 Å². The SMILES string of the molecule is Cc1cccc(C)c1NCc1cc(C(=O)O)oc1C. The molecule has 0 unspecified atom stereocenters. The van der Waals surface area contributed by atoms with E-state index in [1.807, 2.05) is 32.0 Å². The fourth-order valence-corrected chi connectivity index (χ4v) is 2.08. The summed E-state index contributed by atoms with van der Waals surface area (Å²) in [5.41, 5.74) is 4.28. The third-order valence-electron chi connectivity index (χ3n) is 3.17. The van der Waals surface area contributed by atoms with Gasteiger partial charge < -0.3 is 14.8 Å². The maximum absolute atomic E-state index is 10.8. The number of hydrogen-bond donors (Lipinski definition) is 2. The first kappa shape index (κ1) is 13.2. The summed E-state index contributed by atoms with van der Waals surface area (Å²) in [5, 5.41) is 12.2. The van der Waals surface area contributed by atoms with Crippen LogP contribution in [0.4, 0.5) is 5.69 Å². The molecule has 0 saturated heterocycles. The van der Waals surface area contributed by atoms with Crippen LogP contribution in [-0.4, -0.2) is 11.1 Å². The third kappa shape index (κ3) is 2.78. The molecular weight excluding hydrogens is 242 g/mol. The number of carbonyl (C=O) groups is 1. The van der Waals surface area contributed by atoms with Gasteiger partial charge in [-0.05, 0) is 38.0 Å². The van der Waals surface area contributed by atoms with Gasteiger partial charge in [-0.1, -0.05) is 18.2 Å². The highest BCUT2D eigenvalue weighted by Crippen LogP contribution is 2.22. The van der Waals surface area contributed by atoms with Gasteiger partial charge in [-0.3, -0.25) is 0 Å². The monoisotopic (exact) mass is 259 g/mol. The fourth-order valence-electron chi connectivity index (χ4n) is 2.08. The number of aromatic carboxylic acids is 1. The Balaban J connectivity index is 2.17. The van der Waals surface area contributed by atoms with Gasteiger partial charge in [0.05, 0.1) is 0 Å². The number of rotatable bonds is 4. The van der Waals surface area contributed by atoms with Gasteiger partial charge in [0.25, 0.3) is 0 Å². The first-order chi connectivity index (χ1) is 8.99. The lowest BCUT2D eigenvalue weighted by molar-refractivity contribution is 0.0661. The van der Waals surface area contributed by atoms with Crippen molar-refractivity contribution in [3.05, 3.63) is 52.5 Å². The summed E-state index contributed by atoms with van der Waals surface area (Å²) < 4.78 is 5.19. The molecule has 0 aliphatic carbocycles. The van der Waals surface area contributed by atoms with E-state index in [9.17, 15) is 4.79 Å². The van der Waals surface area contributed by atoms with E-state index in [2.05, 4.69) is 5.32 Å². The lowest BCUT2D eigenvalue weighted by Crippen LogP contribution is -2.03. The number of carboxylic acid groups (broad SMARTS) is 1. The van der Waals surface area contributed by atoms with Crippen molar-refractivity contribution in [2.45, 2.75) is 27.3 Å². The first-order valence-electron chi connectivity index (χ1n) is 6.11. The lowest BCUT2D eigenvalue weighted by Gasteiger charge is -2.11. The van der Waals surface area contributed by atoms with Crippen LogP contribution < -0.4 is 5.32 Å². The van der Waals surface area contributed by atoms with Crippen LogP contribution >= 0.6 is 0 Å². The molecule has 0 aliphatic rings. The molecule has 1 aromatic carbocycles. The number of carboxylic acids is 1. The topological polar surface area (TPSA) is 62.5 Å². The van der Waals surface area contributed by atoms with Crippen LogP contribution in [0.15, 0.2) is 28.7 Å². The van der Waals surface area contributed by atoms with Crippen molar-refractivity contribution in [2.75, 3.05) is 5.32 Å². The van der Waals surface area contributed by atoms with E-state index < -0.39 is 5.97 Å². The van der Waals surface area contributed by atoms with Crippen molar-refractivity contribution in [2.24, 2.45) is 0 Å². The minimum atomic E-state index is -1.04. The molecule has 4 heteroatoms. The molecular formula is C15H17NO3. The average Bonchev–Trinajstić information content (AvgIpc) is 2.70. The fraction of sp³-hybridized carbons (Fsp3) is 0.267. The van der Waals surface area contributed by atoms with E-state index in [1.54, 1.807) is 13.0 Å². The molecule has 0 spiro atoms. The number of hydrogen-bond acceptors (Lipinski definition) is 3. The quantitative estimate of drug-likeness (QED) is 0.881. The zero-order valence-corrected chi connectivity index (χ0v) is 11.3. The van der Waals surface area contributed by atoms with Crippen LogP contribution in [0.3, 0.4) is 0 Å². The zero-order chi connectivity index (χ0) is 14.0. The number of nitrogens with one attached hydrogen (secondary N) is 1. The summed E-state index contributed by atoms with van der Waals surface area (Å²) in [6.45, 7) is 6.41. The standard InChI is InChI=1S/C15H17NO3/c1-9-5-4-6-10(2)14(9)16-8-12-7-13(15(17)18)19-11(12)3/h4-7,16H,8H2,1-3H3,(H,17,18). The van der Waals surface area contributed by atoms with Crippen molar-refractivity contribution in [1.29, 1.82) is 0 Å². The second-order valence-corrected chi connectivity index (χ2v) is 4.62. The predicted molar refractivity (Wildman–Crippen MR) is 73.6 cm³/mol. The van der Waals surface area contributed by atoms with Gasteiger partial charge in [-0.2, -0.15) is 0 Å². The molecule has 0 aliphatic heterocycles. The molecule has 100 valence electrons. The van der Waals surface area contributed by atoms with Gasteiger partial charge in [0.15, 0.2) is 0 Å². The molecule has 0 fully saturated rings. The Morgan fingerprint density at radius 3 is 2.42 bits per heavy atom. The highest BCUT2D eigenvalue weighted by Gasteiger charge is 2.13. The smallest absolute Gasteiger partial charge is 0.371 e. The Morgan fingerprint density at radius 1 is 1.26 bits per heavy atom. The Labute approximate surface area is 112 Å². The molecule has 2 aromatic rings. The number of aryl methyl sites for hydroxylation is 3.